The Morgan fingerprint density at radius 2 is 1.42 bits per heavy atom. The molecule has 0 atom stereocenters. The van der Waals surface area contributed by atoms with Crippen molar-refractivity contribution in [2.24, 2.45) is 5.92 Å². The molecular weight excluding hydrogens is 465 g/mol. The summed E-state index contributed by atoms with van der Waals surface area (Å²) in [6.45, 7) is 4.49. The quantitative estimate of drug-likeness (QED) is 0.570. The molecule has 0 aromatic heterocycles. The van der Waals surface area contributed by atoms with Crippen LogP contribution in [0, 0.1) is 11.7 Å². The fourth-order valence-electron chi connectivity index (χ4n) is 4.85. The van der Waals surface area contributed by atoms with Gasteiger partial charge in [0.15, 0.2) is 5.78 Å². The van der Waals surface area contributed by atoms with Crippen molar-refractivity contribution in [1.82, 2.24) is 9.80 Å². The largest absolute Gasteiger partial charge is 0.497 e. The Morgan fingerprint density at radius 3 is 1.94 bits per heavy atom. The lowest BCUT2D eigenvalue weighted by Gasteiger charge is -2.39. The molecule has 2 aromatic rings. The second kappa shape index (κ2) is 11.0. The fourth-order valence-corrected chi connectivity index (χ4v) is 4.85. The van der Waals surface area contributed by atoms with E-state index in [1.807, 2.05) is 9.80 Å². The Hall–Kier alpha value is -3.62. The van der Waals surface area contributed by atoms with Gasteiger partial charge in [-0.2, -0.15) is 0 Å². The zero-order valence-electron chi connectivity index (χ0n) is 21.0. The minimum Gasteiger partial charge on any atom is -0.497 e. The number of hydrogen-bond acceptors (Lipinski definition) is 6. The minimum absolute atomic E-state index is 0.0946. The van der Waals surface area contributed by atoms with Crippen molar-refractivity contribution in [1.29, 1.82) is 0 Å². The number of rotatable bonds is 6. The monoisotopic (exact) mass is 497 g/mol. The first kappa shape index (κ1) is 25.5. The number of piperazine rings is 1. The van der Waals surface area contributed by atoms with Gasteiger partial charge in [0, 0.05) is 62.4 Å². The van der Waals surface area contributed by atoms with Gasteiger partial charge in [0.25, 0.3) is 5.91 Å². The van der Waals surface area contributed by atoms with Crippen LogP contribution in [0.2, 0.25) is 0 Å². The molecule has 192 valence electrons. The third-order valence-corrected chi connectivity index (χ3v) is 7.02. The van der Waals surface area contributed by atoms with E-state index in [9.17, 15) is 18.8 Å². The van der Waals surface area contributed by atoms with E-state index in [1.165, 1.54) is 13.0 Å². The van der Waals surface area contributed by atoms with Gasteiger partial charge in [-0.05, 0) is 50.1 Å². The molecule has 8 nitrogen and oxygen atoms in total. The highest BCUT2D eigenvalue weighted by Gasteiger charge is 2.32. The Kier molecular flexibility index (Phi) is 7.76. The molecule has 0 N–H and O–H groups in total. The smallest absolute Gasteiger partial charge is 0.254 e. The molecule has 2 aliphatic heterocycles. The molecule has 2 aromatic carbocycles. The van der Waals surface area contributed by atoms with Crippen LogP contribution in [0.25, 0.3) is 0 Å². The summed E-state index contributed by atoms with van der Waals surface area (Å²) in [5, 5.41) is 0. The third-order valence-electron chi connectivity index (χ3n) is 7.02. The van der Waals surface area contributed by atoms with Crippen LogP contribution in [0.5, 0.6) is 11.5 Å². The maximum absolute atomic E-state index is 14.5. The van der Waals surface area contributed by atoms with E-state index in [2.05, 4.69) is 0 Å². The van der Waals surface area contributed by atoms with E-state index >= 15 is 0 Å². The van der Waals surface area contributed by atoms with Crippen LogP contribution in [-0.2, 0) is 4.79 Å². The number of ether oxygens (including phenoxy) is 2. The van der Waals surface area contributed by atoms with E-state index in [0.717, 1.165) is 0 Å². The maximum atomic E-state index is 14.5. The third kappa shape index (κ3) is 5.45. The lowest BCUT2D eigenvalue weighted by molar-refractivity contribution is -0.137. The normalized spacial score (nSPS) is 16.6. The molecule has 0 spiro atoms. The summed E-state index contributed by atoms with van der Waals surface area (Å²) in [4.78, 5) is 43.2. The minimum atomic E-state index is -0.423. The number of amides is 2. The average Bonchev–Trinajstić information content (AvgIpc) is 2.92. The average molecular weight is 498 g/mol. The number of ketones is 1. The number of piperidine rings is 1. The molecule has 2 heterocycles. The zero-order valence-corrected chi connectivity index (χ0v) is 21.0. The van der Waals surface area contributed by atoms with E-state index < -0.39 is 5.82 Å². The number of halogens is 1. The summed E-state index contributed by atoms with van der Waals surface area (Å²) >= 11 is 0. The molecule has 9 heteroatoms. The Balaban J connectivity index is 1.30. The van der Waals surface area contributed by atoms with Gasteiger partial charge >= 0.3 is 0 Å². The molecule has 0 bridgehead atoms. The molecule has 4 rings (SSSR count). The summed E-state index contributed by atoms with van der Waals surface area (Å²) < 4.78 is 25.1. The van der Waals surface area contributed by atoms with Crippen molar-refractivity contribution >= 4 is 23.3 Å². The summed E-state index contributed by atoms with van der Waals surface area (Å²) in [6, 6.07) is 9.64. The molecule has 2 saturated heterocycles. The number of methoxy groups -OCH3 is 2. The SMILES string of the molecule is COc1cc(OC)cc(C(=O)N2CCC(C(=O)N3CCN(c4ccc(C(C)=O)cc4F)CC3)CC2)c1. The second-order valence-corrected chi connectivity index (χ2v) is 9.20. The van der Waals surface area contributed by atoms with Crippen LogP contribution in [0.15, 0.2) is 36.4 Å². The van der Waals surface area contributed by atoms with Gasteiger partial charge < -0.3 is 24.2 Å². The van der Waals surface area contributed by atoms with E-state index in [-0.39, 0.29) is 23.5 Å². The van der Waals surface area contributed by atoms with Crippen LogP contribution >= 0.6 is 0 Å². The lowest BCUT2D eigenvalue weighted by Crippen LogP contribution is -2.52. The molecule has 2 aliphatic rings. The maximum Gasteiger partial charge on any atom is 0.254 e. The van der Waals surface area contributed by atoms with E-state index in [1.54, 1.807) is 49.5 Å². The van der Waals surface area contributed by atoms with Gasteiger partial charge in [-0.25, -0.2) is 4.39 Å². The number of Topliss-reactive ketones (excluding diaryl/α,β-unsaturated/α-hetero) is 1. The number of anilines is 1. The molecule has 0 aliphatic carbocycles. The standard InChI is InChI=1S/C27H32FN3O5/c1-18(32)20-4-5-25(24(28)16-20)29-10-12-31(13-11-29)26(33)19-6-8-30(9-7-19)27(34)21-14-22(35-2)17-23(15-21)36-3/h4-5,14-17,19H,6-13H2,1-3H3. The van der Waals surface area contributed by atoms with Crippen molar-refractivity contribution in [3.8, 4) is 11.5 Å². The summed E-state index contributed by atoms with van der Waals surface area (Å²) in [5.41, 5.74) is 1.30. The fraction of sp³-hybridized carbons (Fsp3) is 0.444. The number of carbonyl (C=O) groups is 3. The van der Waals surface area contributed by atoms with Crippen LogP contribution in [0.1, 0.15) is 40.5 Å². The highest BCUT2D eigenvalue weighted by molar-refractivity contribution is 5.95. The summed E-state index contributed by atoms with van der Waals surface area (Å²) in [7, 11) is 3.08. The Bertz CT molecular complexity index is 1120. The van der Waals surface area contributed by atoms with E-state index in [0.29, 0.717) is 80.4 Å². The summed E-state index contributed by atoms with van der Waals surface area (Å²) in [6.07, 6.45) is 1.21. The highest BCUT2D eigenvalue weighted by Crippen LogP contribution is 2.27. The zero-order chi connectivity index (χ0) is 25.8. The van der Waals surface area contributed by atoms with Crippen LogP contribution in [0.3, 0.4) is 0 Å². The number of hydrogen-bond donors (Lipinski definition) is 0. The van der Waals surface area contributed by atoms with Gasteiger partial charge in [0.05, 0.1) is 19.9 Å². The molecule has 36 heavy (non-hydrogen) atoms. The van der Waals surface area contributed by atoms with Gasteiger partial charge in [-0.3, -0.25) is 14.4 Å². The number of nitrogens with zero attached hydrogens (tertiary/aromatic N) is 3. The predicted molar refractivity (Wildman–Crippen MR) is 133 cm³/mol. The first-order valence-electron chi connectivity index (χ1n) is 12.2. The van der Waals surface area contributed by atoms with E-state index in [4.69, 9.17) is 9.47 Å². The first-order valence-corrected chi connectivity index (χ1v) is 12.2. The van der Waals surface area contributed by atoms with Gasteiger partial charge in [0.1, 0.15) is 17.3 Å². The van der Waals surface area contributed by atoms with Crippen LogP contribution in [0.4, 0.5) is 10.1 Å². The van der Waals surface area contributed by atoms with Gasteiger partial charge in [0.2, 0.25) is 5.91 Å². The molecule has 0 saturated carbocycles. The van der Waals surface area contributed by atoms with Crippen molar-refractivity contribution in [3.63, 3.8) is 0 Å². The second-order valence-electron chi connectivity index (χ2n) is 9.20. The van der Waals surface area contributed by atoms with Crippen molar-refractivity contribution in [3.05, 3.63) is 53.3 Å². The van der Waals surface area contributed by atoms with Crippen LogP contribution < -0.4 is 14.4 Å². The first-order chi connectivity index (χ1) is 17.3. The predicted octanol–water partition coefficient (Wildman–Crippen LogP) is 3.25. The number of benzene rings is 2. The number of carbonyl (C=O) groups excluding carboxylic acids is 3. The summed E-state index contributed by atoms with van der Waals surface area (Å²) in [5.74, 6) is 0.363. The topological polar surface area (TPSA) is 79.4 Å². The molecule has 2 fully saturated rings. The highest BCUT2D eigenvalue weighted by atomic mass is 19.1. The molecular formula is C27H32FN3O5. The molecule has 0 unspecified atom stereocenters. The number of likely N-dealkylation sites (tertiary alicyclic amines) is 1. The van der Waals surface area contributed by atoms with Crippen molar-refractivity contribution < 1.29 is 28.2 Å². The van der Waals surface area contributed by atoms with Crippen molar-refractivity contribution in [2.75, 3.05) is 58.4 Å². The Morgan fingerprint density at radius 1 is 0.806 bits per heavy atom. The lowest BCUT2D eigenvalue weighted by atomic mass is 9.94. The Labute approximate surface area is 210 Å². The van der Waals surface area contributed by atoms with Crippen LogP contribution in [-0.4, -0.2) is 80.9 Å². The van der Waals surface area contributed by atoms with Gasteiger partial charge in [-0.15, -0.1) is 0 Å². The molecule has 2 amide bonds. The molecule has 0 radical (unpaired) electrons. The van der Waals surface area contributed by atoms with Gasteiger partial charge in [-0.1, -0.05) is 0 Å². The van der Waals surface area contributed by atoms with Crippen molar-refractivity contribution in [2.45, 2.75) is 19.8 Å².